The van der Waals surface area contributed by atoms with Crippen molar-refractivity contribution < 1.29 is 70.5 Å². The summed E-state index contributed by atoms with van der Waals surface area (Å²) in [4.78, 5) is 0. The van der Waals surface area contributed by atoms with Crippen LogP contribution in [0.1, 0.15) is 34.2 Å². The van der Waals surface area contributed by atoms with E-state index in [0.717, 1.165) is 34.2 Å². The van der Waals surface area contributed by atoms with Gasteiger partial charge in [0.25, 0.3) is 0 Å². The standard InChI is InChI=1S/6C8H10N.3BFO2/c6*1-3-8-6-4-5-7-9(8)2;3*2-1(3)4/h6*3-7H,1H2,2H3;;;/q6*+1;3*-2. The minimum absolute atomic E-state index is 1.14. The third kappa shape index (κ3) is 35.5. The Bertz CT molecular complexity index is 1870. The van der Waals surface area contributed by atoms with Gasteiger partial charge in [-0.1, -0.05) is 39.5 Å². The zero-order chi connectivity index (χ0) is 50.9. The van der Waals surface area contributed by atoms with E-state index < -0.39 is 22.2 Å². The van der Waals surface area contributed by atoms with Crippen LogP contribution in [0.15, 0.2) is 186 Å². The van der Waals surface area contributed by atoms with E-state index in [9.17, 15) is 12.9 Å². The Balaban J connectivity index is -0.000000688. The predicted molar refractivity (Wildman–Crippen MR) is 247 cm³/mol. The molecule has 0 aromatic carbocycles. The second-order valence-electron chi connectivity index (χ2n) is 12.5. The van der Waals surface area contributed by atoms with Gasteiger partial charge in [0, 0.05) is 109 Å². The van der Waals surface area contributed by atoms with Crippen LogP contribution >= 0.6 is 0 Å². The van der Waals surface area contributed by atoms with Crippen LogP contribution in [0.3, 0.4) is 0 Å². The van der Waals surface area contributed by atoms with E-state index in [0.29, 0.717) is 0 Å². The van der Waals surface area contributed by atoms with Crippen molar-refractivity contribution in [3.05, 3.63) is 220 Å². The first-order chi connectivity index (χ1) is 31.3. The molecule has 0 saturated carbocycles. The van der Waals surface area contributed by atoms with Gasteiger partial charge in [0.2, 0.25) is 34.2 Å². The number of aryl methyl sites for hydroxylation is 6. The Morgan fingerprint density at radius 3 is 0.470 bits per heavy atom. The van der Waals surface area contributed by atoms with E-state index in [1.54, 1.807) is 0 Å². The molecule has 0 unspecified atom stereocenters. The molecule has 6 aromatic rings. The number of halogens is 3. The molecule has 0 amide bonds. The first-order valence-electron chi connectivity index (χ1n) is 19.6. The van der Waals surface area contributed by atoms with Gasteiger partial charge in [0.05, 0.1) is 0 Å². The maximum atomic E-state index is 9.89. The summed E-state index contributed by atoms with van der Waals surface area (Å²) in [6, 6.07) is 36.1. The highest BCUT2D eigenvalue weighted by molar-refractivity contribution is 6.27. The van der Waals surface area contributed by atoms with Crippen LogP contribution in [0, 0.1) is 0 Å². The summed E-state index contributed by atoms with van der Waals surface area (Å²) in [5.41, 5.74) is 6.82. The molecule has 0 fully saturated rings. The molecule has 6 rings (SSSR count). The first kappa shape index (κ1) is 63.4. The van der Waals surface area contributed by atoms with Gasteiger partial charge in [-0.05, 0) is 36.4 Å². The highest BCUT2D eigenvalue weighted by atomic mass is 19.1. The van der Waals surface area contributed by atoms with Crippen molar-refractivity contribution >= 4 is 58.6 Å². The molecule has 0 bridgehead atoms. The third-order valence-corrected chi connectivity index (χ3v) is 7.83. The summed E-state index contributed by atoms with van der Waals surface area (Å²) >= 11 is 0. The van der Waals surface area contributed by atoms with E-state index in [2.05, 4.69) is 39.5 Å². The zero-order valence-corrected chi connectivity index (χ0v) is 38.6. The van der Waals surface area contributed by atoms with Gasteiger partial charge >= 0.3 is 0 Å². The lowest BCUT2D eigenvalue weighted by Gasteiger charge is -2.09. The number of aromatic nitrogens is 6. The Morgan fingerprint density at radius 2 is 0.409 bits per heavy atom. The fourth-order valence-electron chi connectivity index (χ4n) is 4.49. The first-order valence-corrected chi connectivity index (χ1v) is 19.6. The lowest BCUT2D eigenvalue weighted by Crippen LogP contribution is -2.39. The van der Waals surface area contributed by atoms with Crippen molar-refractivity contribution in [1.82, 2.24) is 0 Å². The summed E-state index contributed by atoms with van der Waals surface area (Å²) in [6.45, 7) is 22.0. The molecule has 6 heterocycles. The van der Waals surface area contributed by atoms with Crippen molar-refractivity contribution in [2.24, 2.45) is 42.3 Å². The average Bonchev–Trinajstić information content (AvgIpc) is 3.28. The summed E-state index contributed by atoms with van der Waals surface area (Å²) < 4.78 is 41.8. The highest BCUT2D eigenvalue weighted by Gasteiger charge is 1.98. The van der Waals surface area contributed by atoms with Crippen LogP contribution in [0.5, 0.6) is 0 Å². The van der Waals surface area contributed by atoms with E-state index in [-0.39, 0.29) is 0 Å². The number of hydrogen-bond acceptors (Lipinski definition) is 6. The Hall–Kier alpha value is -6.92. The minimum atomic E-state index is -3.17. The van der Waals surface area contributed by atoms with Gasteiger partial charge in [-0.25, -0.2) is 27.4 Å². The molecular formula is C48H60B3F3N6O6. The lowest BCUT2D eigenvalue weighted by atomic mass is 10.3. The predicted octanol–water partition coefficient (Wildman–Crippen LogP) is -0.0912. The lowest BCUT2D eigenvalue weighted by molar-refractivity contribution is -0.673. The summed E-state index contributed by atoms with van der Waals surface area (Å²) in [5.74, 6) is 0. The fraction of sp³-hybridized carbons (Fsp3) is 0.125. The average molecular weight is 906 g/mol. The smallest absolute Gasteiger partial charge is 0.204 e. The van der Waals surface area contributed by atoms with Crippen LogP contribution in [-0.4, -0.2) is 22.2 Å². The maximum absolute atomic E-state index is 9.89. The largest absolute Gasteiger partial charge is 0.867 e. The molecule has 0 aliphatic carbocycles. The van der Waals surface area contributed by atoms with E-state index in [1.165, 1.54) is 0 Å². The number of pyridine rings is 6. The molecule has 0 N–H and O–H groups in total. The number of hydrogen-bond donors (Lipinski definition) is 0. The maximum Gasteiger partial charge on any atom is 0.204 e. The topological polar surface area (TPSA) is 162 Å². The van der Waals surface area contributed by atoms with E-state index >= 15 is 0 Å². The second kappa shape index (κ2) is 40.8. The Kier molecular flexibility index (Phi) is 39.2. The molecule has 0 aliphatic heterocycles. The van der Waals surface area contributed by atoms with Crippen molar-refractivity contribution in [3.63, 3.8) is 0 Å². The molecule has 0 aliphatic rings. The molecular weight excluding hydrogens is 846 g/mol. The quantitative estimate of drug-likeness (QED) is 0.168. The zero-order valence-electron chi connectivity index (χ0n) is 38.6. The normalized spacial score (nSPS) is 8.59. The van der Waals surface area contributed by atoms with Crippen LogP contribution in [0.2, 0.25) is 0 Å². The van der Waals surface area contributed by atoms with Crippen LogP contribution in [-0.2, 0) is 42.3 Å². The van der Waals surface area contributed by atoms with Gasteiger partial charge in [0.15, 0.2) is 37.2 Å². The van der Waals surface area contributed by atoms with Crippen LogP contribution in [0.4, 0.5) is 12.9 Å². The van der Waals surface area contributed by atoms with Gasteiger partial charge in [-0.15, -0.1) is 0 Å². The molecule has 12 nitrogen and oxygen atoms in total. The van der Waals surface area contributed by atoms with Crippen molar-refractivity contribution in [3.8, 4) is 0 Å². The van der Waals surface area contributed by atoms with Crippen molar-refractivity contribution in [2.75, 3.05) is 0 Å². The van der Waals surface area contributed by atoms with Crippen molar-refractivity contribution in [1.29, 1.82) is 0 Å². The summed E-state index contributed by atoms with van der Waals surface area (Å²) in [7, 11) is 2.48. The molecule has 0 radical (unpaired) electrons. The summed E-state index contributed by atoms with van der Waals surface area (Å²) in [6.07, 6.45) is 23.0. The molecule has 0 atom stereocenters. The molecule has 0 spiro atoms. The third-order valence-electron chi connectivity index (χ3n) is 7.83. The Morgan fingerprint density at radius 1 is 0.303 bits per heavy atom. The van der Waals surface area contributed by atoms with Crippen LogP contribution in [0.25, 0.3) is 36.5 Å². The van der Waals surface area contributed by atoms with Gasteiger partial charge < -0.3 is 43.1 Å². The molecule has 66 heavy (non-hydrogen) atoms. The molecule has 6 aromatic heterocycles. The van der Waals surface area contributed by atoms with Crippen molar-refractivity contribution in [2.45, 2.75) is 0 Å². The molecule has 0 saturated heterocycles. The van der Waals surface area contributed by atoms with Gasteiger partial charge in [0.1, 0.15) is 64.5 Å². The second-order valence-corrected chi connectivity index (χ2v) is 12.5. The van der Waals surface area contributed by atoms with E-state index in [4.69, 9.17) is 30.1 Å². The van der Waals surface area contributed by atoms with Crippen LogP contribution < -0.4 is 57.5 Å². The van der Waals surface area contributed by atoms with E-state index in [1.807, 2.05) is 253 Å². The highest BCUT2D eigenvalue weighted by Crippen LogP contribution is 1.93. The number of rotatable bonds is 6. The minimum Gasteiger partial charge on any atom is -0.867 e. The van der Waals surface area contributed by atoms with Gasteiger partial charge in [-0.2, -0.15) is 0 Å². The monoisotopic (exact) mass is 906 g/mol. The SMILES string of the molecule is C=Cc1cccc[n+]1C.C=Cc1cccc[n+]1C.C=Cc1cccc[n+]1C.C=Cc1cccc[n+]1C.C=Cc1cccc[n+]1C.C=Cc1cccc[n+]1C.[O-]B([O-])F.[O-]B([O-])F.[O-]B([O-])F. The fourth-order valence-corrected chi connectivity index (χ4v) is 4.49. The van der Waals surface area contributed by atoms with Gasteiger partial charge in [-0.3, -0.25) is 0 Å². The molecule has 348 valence electrons. The Labute approximate surface area is 390 Å². The number of nitrogens with zero attached hydrogens (tertiary/aromatic N) is 6. The summed E-state index contributed by atoms with van der Waals surface area (Å²) in [5, 5.41) is 49.8. The molecule has 18 heteroatoms.